The van der Waals surface area contributed by atoms with Crippen molar-refractivity contribution in [2.45, 2.75) is 19.8 Å². The molecular weight excluding hydrogens is 284 g/mol. The van der Waals surface area contributed by atoms with Crippen LogP contribution >= 0.6 is 0 Å². The Hall–Kier alpha value is -2.63. The Morgan fingerprint density at radius 2 is 2.09 bits per heavy atom. The SMILES string of the molecule is COc1ccc(-c2cc(CCC(=O)O)c(=O)n(C)n2)cc1C. The molecule has 1 aromatic heterocycles. The van der Waals surface area contributed by atoms with Crippen molar-refractivity contribution in [1.82, 2.24) is 9.78 Å². The second-order valence-electron chi connectivity index (χ2n) is 5.06. The zero-order valence-electron chi connectivity index (χ0n) is 12.8. The van der Waals surface area contributed by atoms with Crippen molar-refractivity contribution in [2.75, 3.05) is 7.11 Å². The Morgan fingerprint density at radius 3 is 2.68 bits per heavy atom. The van der Waals surface area contributed by atoms with Gasteiger partial charge in [0.25, 0.3) is 5.56 Å². The van der Waals surface area contributed by atoms with Gasteiger partial charge in [-0.1, -0.05) is 0 Å². The van der Waals surface area contributed by atoms with Gasteiger partial charge >= 0.3 is 5.97 Å². The fraction of sp³-hybridized carbons (Fsp3) is 0.312. The first-order valence-electron chi connectivity index (χ1n) is 6.86. The standard InChI is InChI=1S/C16H18N2O4/c1-10-8-11(4-6-14(10)22-3)13-9-12(5-7-15(19)20)16(21)18(2)17-13/h4,6,8-9H,5,7H2,1-3H3,(H,19,20). The zero-order chi connectivity index (χ0) is 16.3. The minimum absolute atomic E-state index is 0.0830. The predicted octanol–water partition coefficient (Wildman–Crippen LogP) is 1.78. The molecule has 1 N–H and O–H groups in total. The van der Waals surface area contributed by atoms with E-state index >= 15 is 0 Å². The van der Waals surface area contributed by atoms with Crippen molar-refractivity contribution in [1.29, 1.82) is 0 Å². The minimum Gasteiger partial charge on any atom is -0.496 e. The molecule has 0 spiro atoms. The number of methoxy groups -OCH3 is 1. The molecule has 6 nitrogen and oxygen atoms in total. The molecule has 1 heterocycles. The van der Waals surface area contributed by atoms with E-state index in [-0.39, 0.29) is 18.4 Å². The largest absolute Gasteiger partial charge is 0.496 e. The monoisotopic (exact) mass is 302 g/mol. The number of aliphatic carboxylic acids is 1. The van der Waals surface area contributed by atoms with Gasteiger partial charge in [0.2, 0.25) is 0 Å². The third-order valence-electron chi connectivity index (χ3n) is 3.44. The maximum absolute atomic E-state index is 12.0. The number of carbonyl (C=O) groups is 1. The molecule has 0 saturated carbocycles. The number of aryl methyl sites for hydroxylation is 3. The van der Waals surface area contributed by atoms with Crippen molar-refractivity contribution in [3.8, 4) is 17.0 Å². The Labute approximate surface area is 128 Å². The van der Waals surface area contributed by atoms with Crippen LogP contribution in [0.25, 0.3) is 11.3 Å². The summed E-state index contributed by atoms with van der Waals surface area (Å²) < 4.78 is 6.47. The summed E-state index contributed by atoms with van der Waals surface area (Å²) in [7, 11) is 3.17. The van der Waals surface area contributed by atoms with Crippen molar-refractivity contribution in [2.24, 2.45) is 7.05 Å². The van der Waals surface area contributed by atoms with E-state index in [1.165, 1.54) is 4.68 Å². The average Bonchev–Trinajstić information content (AvgIpc) is 2.48. The molecule has 0 aliphatic rings. The normalized spacial score (nSPS) is 10.5. The molecule has 2 rings (SSSR count). The quantitative estimate of drug-likeness (QED) is 0.910. The van der Waals surface area contributed by atoms with E-state index in [1.54, 1.807) is 20.2 Å². The van der Waals surface area contributed by atoms with Gasteiger partial charge in [0.05, 0.1) is 12.8 Å². The number of aromatic nitrogens is 2. The fourth-order valence-corrected chi connectivity index (χ4v) is 2.27. The lowest BCUT2D eigenvalue weighted by molar-refractivity contribution is -0.136. The van der Waals surface area contributed by atoms with Crippen LogP contribution < -0.4 is 10.3 Å². The molecule has 0 atom stereocenters. The van der Waals surface area contributed by atoms with E-state index in [0.717, 1.165) is 16.9 Å². The molecule has 1 aromatic carbocycles. The molecule has 0 radical (unpaired) electrons. The van der Waals surface area contributed by atoms with Gasteiger partial charge in [0.15, 0.2) is 0 Å². The lowest BCUT2D eigenvalue weighted by atomic mass is 10.0. The van der Waals surface area contributed by atoms with Crippen molar-refractivity contribution in [3.63, 3.8) is 0 Å². The van der Waals surface area contributed by atoms with Crippen LogP contribution in [0, 0.1) is 6.92 Å². The van der Waals surface area contributed by atoms with Gasteiger partial charge in [-0.25, -0.2) is 4.68 Å². The van der Waals surface area contributed by atoms with E-state index in [2.05, 4.69) is 5.10 Å². The summed E-state index contributed by atoms with van der Waals surface area (Å²) in [4.78, 5) is 22.7. The first kappa shape index (κ1) is 15.8. The molecule has 0 amide bonds. The van der Waals surface area contributed by atoms with Crippen molar-refractivity contribution in [3.05, 3.63) is 45.7 Å². The van der Waals surface area contributed by atoms with Gasteiger partial charge in [0.1, 0.15) is 5.75 Å². The number of rotatable bonds is 5. The van der Waals surface area contributed by atoms with E-state index in [1.807, 2.05) is 25.1 Å². The summed E-state index contributed by atoms with van der Waals surface area (Å²) >= 11 is 0. The highest BCUT2D eigenvalue weighted by molar-refractivity contribution is 5.67. The van der Waals surface area contributed by atoms with Crippen LogP contribution in [0.4, 0.5) is 0 Å². The van der Waals surface area contributed by atoms with Crippen LogP contribution in [0.1, 0.15) is 17.5 Å². The number of carboxylic acid groups (broad SMARTS) is 1. The summed E-state index contributed by atoms with van der Waals surface area (Å²) in [5.74, 6) is -0.152. The lowest BCUT2D eigenvalue weighted by Crippen LogP contribution is -2.24. The summed E-state index contributed by atoms with van der Waals surface area (Å²) in [5.41, 5.74) is 2.63. The van der Waals surface area contributed by atoms with Gasteiger partial charge in [-0.2, -0.15) is 5.10 Å². The van der Waals surface area contributed by atoms with Crippen LogP contribution in [0.3, 0.4) is 0 Å². The Balaban J connectivity index is 2.45. The summed E-state index contributed by atoms with van der Waals surface area (Å²) in [6.45, 7) is 1.93. The third kappa shape index (κ3) is 3.33. The highest BCUT2D eigenvalue weighted by Crippen LogP contribution is 2.24. The molecule has 22 heavy (non-hydrogen) atoms. The third-order valence-corrected chi connectivity index (χ3v) is 3.44. The second kappa shape index (κ2) is 6.43. The van der Waals surface area contributed by atoms with Crippen LogP contribution in [-0.4, -0.2) is 28.0 Å². The number of ether oxygens (including phenoxy) is 1. The predicted molar refractivity (Wildman–Crippen MR) is 82.2 cm³/mol. The Bertz CT molecular complexity index is 765. The molecule has 6 heteroatoms. The molecular formula is C16H18N2O4. The topological polar surface area (TPSA) is 81.4 Å². The minimum atomic E-state index is -0.930. The highest BCUT2D eigenvalue weighted by atomic mass is 16.5. The fourth-order valence-electron chi connectivity index (χ4n) is 2.27. The average molecular weight is 302 g/mol. The van der Waals surface area contributed by atoms with E-state index in [0.29, 0.717) is 11.3 Å². The highest BCUT2D eigenvalue weighted by Gasteiger charge is 2.11. The van der Waals surface area contributed by atoms with E-state index in [4.69, 9.17) is 9.84 Å². The molecule has 0 aliphatic heterocycles. The number of carboxylic acids is 1. The van der Waals surface area contributed by atoms with Gasteiger partial charge in [-0.3, -0.25) is 9.59 Å². The molecule has 0 aliphatic carbocycles. The van der Waals surface area contributed by atoms with Crippen LogP contribution in [-0.2, 0) is 18.3 Å². The van der Waals surface area contributed by atoms with E-state index in [9.17, 15) is 9.59 Å². The molecule has 0 bridgehead atoms. The first-order chi connectivity index (χ1) is 10.4. The number of hydrogen-bond acceptors (Lipinski definition) is 4. The number of benzene rings is 1. The van der Waals surface area contributed by atoms with E-state index < -0.39 is 5.97 Å². The van der Waals surface area contributed by atoms with Gasteiger partial charge in [0, 0.05) is 24.6 Å². The summed E-state index contributed by atoms with van der Waals surface area (Å²) in [6.07, 6.45) is 0.104. The van der Waals surface area contributed by atoms with Crippen LogP contribution in [0.2, 0.25) is 0 Å². The van der Waals surface area contributed by atoms with Crippen LogP contribution in [0.5, 0.6) is 5.75 Å². The van der Waals surface area contributed by atoms with Gasteiger partial charge < -0.3 is 9.84 Å². The molecule has 2 aromatic rings. The Kier molecular flexibility index (Phi) is 4.60. The van der Waals surface area contributed by atoms with Gasteiger partial charge in [-0.15, -0.1) is 0 Å². The maximum atomic E-state index is 12.0. The lowest BCUT2D eigenvalue weighted by Gasteiger charge is -2.09. The van der Waals surface area contributed by atoms with Crippen molar-refractivity contribution < 1.29 is 14.6 Å². The second-order valence-corrected chi connectivity index (χ2v) is 5.06. The summed E-state index contributed by atoms with van der Waals surface area (Å²) in [5, 5.41) is 13.0. The molecule has 116 valence electrons. The van der Waals surface area contributed by atoms with Crippen molar-refractivity contribution >= 4 is 5.97 Å². The number of hydrogen-bond donors (Lipinski definition) is 1. The van der Waals surface area contributed by atoms with Crippen LogP contribution in [0.15, 0.2) is 29.1 Å². The smallest absolute Gasteiger partial charge is 0.303 e. The Morgan fingerprint density at radius 1 is 1.36 bits per heavy atom. The molecule has 0 fully saturated rings. The zero-order valence-corrected chi connectivity index (χ0v) is 12.8. The first-order valence-corrected chi connectivity index (χ1v) is 6.86. The summed E-state index contributed by atoms with van der Waals surface area (Å²) in [6, 6.07) is 7.28. The number of nitrogens with zero attached hydrogens (tertiary/aromatic N) is 2. The molecule has 0 unspecified atom stereocenters. The van der Waals surface area contributed by atoms with Gasteiger partial charge in [-0.05, 0) is 43.2 Å². The maximum Gasteiger partial charge on any atom is 0.303 e. The molecule has 0 saturated heterocycles.